The van der Waals surface area contributed by atoms with Gasteiger partial charge in [0.25, 0.3) is 0 Å². The number of rotatable bonds is 7. The lowest BCUT2D eigenvalue weighted by atomic mass is 9.86. The van der Waals surface area contributed by atoms with Gasteiger partial charge in [-0.1, -0.05) is 38.5 Å². The number of hydrogen-bond donors (Lipinski definition) is 2. The lowest BCUT2D eigenvalue weighted by molar-refractivity contribution is -0.133. The number of fused-ring (bicyclic) bond motifs is 1. The lowest BCUT2D eigenvalue weighted by Crippen LogP contribution is -2.48. The molecule has 0 radical (unpaired) electrons. The Kier molecular flexibility index (Phi) is 7.15. The number of nitrogens with two attached hydrogens (primary N) is 1. The second-order valence-corrected chi connectivity index (χ2v) is 7.17. The van der Waals surface area contributed by atoms with Crippen molar-refractivity contribution in [2.75, 3.05) is 5.88 Å². The Morgan fingerprint density at radius 2 is 2.23 bits per heavy atom. The number of aryl methyl sites for hydroxylation is 1. The highest BCUT2D eigenvalue weighted by Gasteiger charge is 2.39. The molecule has 1 aliphatic heterocycles. The average molecular weight is 376 g/mol. The first-order chi connectivity index (χ1) is 12.4. The van der Waals surface area contributed by atoms with E-state index in [1.54, 1.807) is 0 Å². The summed E-state index contributed by atoms with van der Waals surface area (Å²) in [5.74, 6) is -0.0773. The van der Waals surface area contributed by atoms with Gasteiger partial charge in [-0.05, 0) is 49.5 Å². The number of carbonyl (C=O) groups excluding carboxylic acids is 1. The number of nitrogens with one attached hydrogen (secondary N) is 1. The summed E-state index contributed by atoms with van der Waals surface area (Å²) in [4.78, 5) is 18.0. The minimum absolute atomic E-state index is 0.0256. The molecule has 5 heteroatoms. The van der Waals surface area contributed by atoms with Gasteiger partial charge in [-0.3, -0.25) is 4.79 Å². The maximum absolute atomic E-state index is 12.7. The molecule has 2 atom stereocenters. The fourth-order valence-electron chi connectivity index (χ4n) is 3.62. The van der Waals surface area contributed by atoms with E-state index < -0.39 is 0 Å². The third-order valence-corrected chi connectivity index (χ3v) is 5.33. The highest BCUT2D eigenvalue weighted by molar-refractivity contribution is 6.27. The summed E-state index contributed by atoms with van der Waals surface area (Å²) in [5, 5.41) is 0. The number of hydrogen-bond acceptors (Lipinski definition) is 2. The van der Waals surface area contributed by atoms with Crippen LogP contribution in [0.25, 0.3) is 0 Å². The van der Waals surface area contributed by atoms with Crippen molar-refractivity contribution in [2.24, 2.45) is 5.73 Å². The second-order valence-electron chi connectivity index (χ2n) is 6.90. The first kappa shape index (κ1) is 20.4. The van der Waals surface area contributed by atoms with Crippen LogP contribution in [-0.4, -0.2) is 27.7 Å². The van der Waals surface area contributed by atoms with E-state index >= 15 is 0 Å². The molecule has 2 heterocycles. The summed E-state index contributed by atoms with van der Waals surface area (Å²) >= 11 is 5.96. The second kappa shape index (κ2) is 9.13. The van der Waals surface area contributed by atoms with Gasteiger partial charge in [0.1, 0.15) is 5.88 Å². The van der Waals surface area contributed by atoms with Crippen LogP contribution >= 0.6 is 11.6 Å². The van der Waals surface area contributed by atoms with E-state index in [9.17, 15) is 4.79 Å². The summed E-state index contributed by atoms with van der Waals surface area (Å²) in [6.07, 6.45) is 11.6. The Labute approximate surface area is 161 Å². The SMILES string of the molecule is C=C(/C=C\C(N)=C/C)[C@H]1c2[nH]cc(C)c2C[C@H](CCCC)N1C(=O)CCl. The zero-order valence-corrected chi connectivity index (χ0v) is 16.8. The van der Waals surface area contributed by atoms with Crippen LogP contribution in [0.2, 0.25) is 0 Å². The van der Waals surface area contributed by atoms with E-state index in [1.165, 1.54) is 11.1 Å². The smallest absolute Gasteiger partial charge is 0.238 e. The predicted octanol–water partition coefficient (Wildman–Crippen LogP) is 4.52. The minimum Gasteiger partial charge on any atom is -0.399 e. The van der Waals surface area contributed by atoms with Gasteiger partial charge in [0.05, 0.1) is 6.04 Å². The molecule has 0 saturated heterocycles. The maximum atomic E-state index is 12.7. The van der Waals surface area contributed by atoms with Gasteiger partial charge in [0.15, 0.2) is 0 Å². The molecule has 1 aromatic rings. The van der Waals surface area contributed by atoms with E-state index in [0.29, 0.717) is 5.70 Å². The third-order valence-electron chi connectivity index (χ3n) is 5.10. The van der Waals surface area contributed by atoms with Crippen molar-refractivity contribution in [3.63, 3.8) is 0 Å². The van der Waals surface area contributed by atoms with Gasteiger partial charge >= 0.3 is 0 Å². The topological polar surface area (TPSA) is 62.1 Å². The molecule has 4 nitrogen and oxygen atoms in total. The number of amides is 1. The summed E-state index contributed by atoms with van der Waals surface area (Å²) in [7, 11) is 0. The van der Waals surface area contributed by atoms with Gasteiger partial charge in [0, 0.05) is 23.6 Å². The van der Waals surface area contributed by atoms with E-state index in [2.05, 4.69) is 25.4 Å². The molecular weight excluding hydrogens is 346 g/mol. The van der Waals surface area contributed by atoms with Crippen LogP contribution in [0, 0.1) is 6.92 Å². The predicted molar refractivity (Wildman–Crippen MR) is 109 cm³/mol. The maximum Gasteiger partial charge on any atom is 0.238 e. The monoisotopic (exact) mass is 375 g/mol. The molecule has 0 fully saturated rings. The van der Waals surface area contributed by atoms with Crippen molar-refractivity contribution in [2.45, 2.75) is 58.5 Å². The fourth-order valence-corrected chi connectivity index (χ4v) is 3.76. The number of halogens is 1. The van der Waals surface area contributed by atoms with Crippen molar-refractivity contribution >= 4 is 17.5 Å². The van der Waals surface area contributed by atoms with Crippen LogP contribution in [0.3, 0.4) is 0 Å². The molecule has 26 heavy (non-hydrogen) atoms. The molecule has 0 aliphatic carbocycles. The molecule has 0 bridgehead atoms. The standard InChI is InChI=1S/C21H30ClN3O/c1-5-7-8-17-11-18-15(4)13-24-20(18)21(25(17)19(26)12-22)14(3)9-10-16(23)6-2/h6,9-10,13,17,21,24H,3,5,7-8,11-12,23H2,1-2,4H3/b10-9-,16-6+/t17-,21-/m0/s1. The number of allylic oxidation sites excluding steroid dienone is 2. The summed E-state index contributed by atoms with van der Waals surface area (Å²) < 4.78 is 0. The summed E-state index contributed by atoms with van der Waals surface area (Å²) in [5.41, 5.74) is 11.0. The Morgan fingerprint density at radius 1 is 1.50 bits per heavy atom. The van der Waals surface area contributed by atoms with E-state index in [0.717, 1.165) is 37.0 Å². The molecule has 142 valence electrons. The quantitative estimate of drug-likeness (QED) is 0.543. The van der Waals surface area contributed by atoms with E-state index in [4.69, 9.17) is 17.3 Å². The summed E-state index contributed by atoms with van der Waals surface area (Å²) in [6.45, 7) is 10.4. The number of carbonyl (C=O) groups is 1. The van der Waals surface area contributed by atoms with Crippen LogP contribution < -0.4 is 5.73 Å². The number of nitrogens with zero attached hydrogens (tertiary/aromatic N) is 1. The Bertz CT molecular complexity index is 717. The van der Waals surface area contributed by atoms with Gasteiger partial charge in [0.2, 0.25) is 5.91 Å². The van der Waals surface area contributed by atoms with Crippen molar-refractivity contribution in [1.82, 2.24) is 9.88 Å². The zero-order valence-electron chi connectivity index (χ0n) is 16.0. The van der Waals surface area contributed by atoms with Gasteiger partial charge in [-0.2, -0.15) is 0 Å². The molecule has 1 amide bonds. The van der Waals surface area contributed by atoms with Crippen LogP contribution in [0.4, 0.5) is 0 Å². The minimum atomic E-state index is -0.235. The molecule has 0 unspecified atom stereocenters. The van der Waals surface area contributed by atoms with Crippen LogP contribution in [-0.2, 0) is 11.2 Å². The van der Waals surface area contributed by atoms with E-state index in [1.807, 2.05) is 36.2 Å². The highest BCUT2D eigenvalue weighted by atomic mass is 35.5. The van der Waals surface area contributed by atoms with E-state index in [-0.39, 0.29) is 23.9 Å². The molecule has 2 rings (SSSR count). The average Bonchev–Trinajstić information content (AvgIpc) is 3.02. The number of H-pyrrole nitrogens is 1. The third kappa shape index (κ3) is 4.24. The van der Waals surface area contributed by atoms with Crippen molar-refractivity contribution in [3.05, 3.63) is 59.1 Å². The Balaban J connectivity index is 2.48. The van der Waals surface area contributed by atoms with Crippen molar-refractivity contribution in [3.8, 4) is 0 Å². The lowest BCUT2D eigenvalue weighted by Gasteiger charge is -2.42. The van der Waals surface area contributed by atoms with Crippen LogP contribution in [0.5, 0.6) is 0 Å². The molecular formula is C21H30ClN3O. The number of aromatic nitrogens is 1. The molecule has 1 aromatic heterocycles. The van der Waals surface area contributed by atoms with Crippen molar-refractivity contribution in [1.29, 1.82) is 0 Å². The first-order valence-electron chi connectivity index (χ1n) is 9.27. The molecule has 0 spiro atoms. The molecule has 0 saturated carbocycles. The highest BCUT2D eigenvalue weighted by Crippen LogP contribution is 2.40. The molecule has 3 N–H and O–H groups in total. The van der Waals surface area contributed by atoms with Crippen LogP contribution in [0.15, 0.2) is 42.3 Å². The number of unbranched alkanes of at least 4 members (excludes halogenated alkanes) is 1. The van der Waals surface area contributed by atoms with Crippen molar-refractivity contribution < 1.29 is 4.79 Å². The van der Waals surface area contributed by atoms with Crippen LogP contribution in [0.1, 0.15) is 56.0 Å². The van der Waals surface area contributed by atoms with Gasteiger partial charge < -0.3 is 15.6 Å². The summed E-state index contributed by atoms with van der Waals surface area (Å²) in [6, 6.07) is -0.0983. The Morgan fingerprint density at radius 3 is 2.85 bits per heavy atom. The largest absolute Gasteiger partial charge is 0.399 e. The number of aromatic amines is 1. The fraction of sp³-hybridized carbons (Fsp3) is 0.476. The van der Waals surface area contributed by atoms with Gasteiger partial charge in [-0.15, -0.1) is 11.6 Å². The molecule has 0 aromatic carbocycles. The zero-order chi connectivity index (χ0) is 19.3. The number of alkyl halides is 1. The normalized spacial score (nSPS) is 20.5. The van der Waals surface area contributed by atoms with Gasteiger partial charge in [-0.25, -0.2) is 0 Å². The first-order valence-corrected chi connectivity index (χ1v) is 9.80. The molecule has 1 aliphatic rings. The Hall–Kier alpha value is -1.94.